The summed E-state index contributed by atoms with van der Waals surface area (Å²) in [7, 11) is 0. The molecule has 0 aromatic rings. The molecule has 6 heteroatoms. The summed E-state index contributed by atoms with van der Waals surface area (Å²) in [5.41, 5.74) is 3.07. The van der Waals surface area contributed by atoms with Crippen molar-refractivity contribution < 1.29 is 18.0 Å². The fourth-order valence-electron chi connectivity index (χ4n) is 4.72. The van der Waals surface area contributed by atoms with Gasteiger partial charge in [0.15, 0.2) is 5.56 Å². The van der Waals surface area contributed by atoms with Gasteiger partial charge in [-0.05, 0) is 79.3 Å². The molecule has 1 unspecified atom stereocenters. The average molecular weight is 437 g/mol. The van der Waals surface area contributed by atoms with E-state index in [4.69, 9.17) is 11.6 Å². The summed E-state index contributed by atoms with van der Waals surface area (Å²) in [6, 6.07) is 11.4. The lowest BCUT2D eigenvalue weighted by molar-refractivity contribution is -0.0452. The summed E-state index contributed by atoms with van der Waals surface area (Å²) < 4.78 is 40.3. The number of carbonyl (C=O) groups is 1. The third kappa shape index (κ3) is 4.72. The minimum absolute atomic E-state index is 0.0565. The van der Waals surface area contributed by atoms with Gasteiger partial charge in [-0.3, -0.25) is 0 Å². The van der Waals surface area contributed by atoms with Crippen LogP contribution in [0.15, 0.2) is 36.4 Å². The highest BCUT2D eigenvalue weighted by Crippen LogP contribution is 2.38. The van der Waals surface area contributed by atoms with Gasteiger partial charge < -0.3 is 5.32 Å². The molecule has 4 aliphatic rings. The third-order valence-electron chi connectivity index (χ3n) is 6.58. The molecule has 2 fully saturated rings. The van der Waals surface area contributed by atoms with E-state index in [0.717, 1.165) is 23.1 Å². The smallest absolute Gasteiger partial charge is 0.312 e. The van der Waals surface area contributed by atoms with Crippen LogP contribution in [-0.4, -0.2) is 24.5 Å². The number of halogens is 4. The van der Waals surface area contributed by atoms with Crippen molar-refractivity contribution in [2.24, 2.45) is 5.92 Å². The summed E-state index contributed by atoms with van der Waals surface area (Å²) in [5, 5.41) is 3.25. The number of nitrogens with one attached hydrogen (secondary N) is 1. The van der Waals surface area contributed by atoms with Crippen LogP contribution >= 0.6 is 11.6 Å². The highest BCUT2D eigenvalue weighted by molar-refractivity contribution is 6.34. The largest absolute Gasteiger partial charge is 0.336 e. The maximum absolute atomic E-state index is 13.6. The van der Waals surface area contributed by atoms with Gasteiger partial charge in [0.05, 0.1) is 11.1 Å². The fourth-order valence-corrected chi connectivity index (χ4v) is 4.97. The fraction of sp³-hybridized carbons (Fsp3) is 0.500. The first kappa shape index (κ1) is 21.4. The maximum atomic E-state index is 13.6. The third-order valence-corrected chi connectivity index (χ3v) is 6.90. The zero-order valence-corrected chi connectivity index (χ0v) is 17.5. The minimum atomic E-state index is -2.58. The van der Waals surface area contributed by atoms with Crippen LogP contribution < -0.4 is 5.32 Å². The van der Waals surface area contributed by atoms with E-state index in [9.17, 15) is 18.0 Å². The number of fused-ring (bicyclic) bond motifs is 1. The Balaban J connectivity index is 1.53. The van der Waals surface area contributed by atoms with Gasteiger partial charge in [0, 0.05) is 31.5 Å². The highest BCUT2D eigenvalue weighted by atomic mass is 35.5. The lowest BCUT2D eigenvalue weighted by Crippen LogP contribution is -2.34. The molecule has 160 valence electrons. The Bertz CT molecular complexity index is 900. The van der Waals surface area contributed by atoms with Crippen LogP contribution in [0.5, 0.6) is 0 Å². The van der Waals surface area contributed by atoms with E-state index in [1.54, 1.807) is 6.07 Å². The van der Waals surface area contributed by atoms with E-state index in [0.29, 0.717) is 42.8 Å². The summed E-state index contributed by atoms with van der Waals surface area (Å²) in [5.74, 6) is -2.62. The van der Waals surface area contributed by atoms with E-state index < -0.39 is 12.1 Å². The summed E-state index contributed by atoms with van der Waals surface area (Å²) >= 11 is 6.38. The van der Waals surface area contributed by atoms with Gasteiger partial charge in [0.2, 0.25) is 5.92 Å². The Morgan fingerprint density at radius 3 is 2.53 bits per heavy atom. The zero-order valence-electron chi connectivity index (χ0n) is 16.8. The van der Waals surface area contributed by atoms with Gasteiger partial charge in [-0.1, -0.05) is 6.07 Å². The molecule has 0 aromatic carbocycles. The normalized spacial score (nSPS) is 24.1. The first-order valence-corrected chi connectivity index (χ1v) is 11.1. The van der Waals surface area contributed by atoms with E-state index >= 15 is 0 Å². The number of hydrogen-bond acceptors (Lipinski definition) is 1. The molecule has 2 nitrogen and oxygen atoms in total. The number of amides is 1. The number of hydrogen-bond donors (Lipinski definition) is 1. The van der Waals surface area contributed by atoms with Crippen LogP contribution in [0, 0.1) is 5.92 Å². The van der Waals surface area contributed by atoms with Crippen LogP contribution in [-0.2, 0) is 0 Å². The molecule has 0 aliphatic heterocycles. The predicted octanol–water partition coefficient (Wildman–Crippen LogP) is 6.89. The van der Waals surface area contributed by atoms with Gasteiger partial charge in [-0.2, -0.15) is 0 Å². The molecule has 0 spiro atoms. The second-order valence-corrected chi connectivity index (χ2v) is 9.12. The van der Waals surface area contributed by atoms with Crippen molar-refractivity contribution in [1.29, 1.82) is 0 Å². The monoisotopic (exact) mass is 436 g/mol. The quantitative estimate of drug-likeness (QED) is 0.519. The van der Waals surface area contributed by atoms with Crippen molar-refractivity contribution in [3.63, 3.8) is 0 Å². The molecule has 1 amide bonds. The zero-order chi connectivity index (χ0) is 21.3. The van der Waals surface area contributed by atoms with Gasteiger partial charge in [0.1, 0.15) is 11.2 Å². The second-order valence-electron chi connectivity index (χ2n) is 8.71. The topological polar surface area (TPSA) is 29.1 Å². The van der Waals surface area contributed by atoms with Crippen molar-refractivity contribution >= 4 is 17.5 Å². The number of benzene rings is 1. The van der Waals surface area contributed by atoms with E-state index in [1.165, 1.54) is 0 Å². The minimum Gasteiger partial charge on any atom is -0.312 e. The molecule has 2 atom stereocenters. The Morgan fingerprint density at radius 2 is 1.83 bits per heavy atom. The van der Waals surface area contributed by atoms with Gasteiger partial charge in [0.25, 0.3) is 0 Å². The summed E-state index contributed by atoms with van der Waals surface area (Å²) in [6.45, 7) is 0.367. The molecule has 30 heavy (non-hydrogen) atoms. The lowest BCUT2D eigenvalue weighted by atomic mass is 9.86. The van der Waals surface area contributed by atoms with Crippen molar-refractivity contribution in [1.82, 2.24) is 5.32 Å². The molecule has 0 radical (unpaired) electrons. The van der Waals surface area contributed by atoms with Crippen molar-refractivity contribution in [3.05, 3.63) is 52.5 Å². The number of rotatable bonds is 4. The van der Waals surface area contributed by atoms with Crippen LogP contribution in [0.4, 0.5) is 13.2 Å². The predicted molar refractivity (Wildman–Crippen MR) is 113 cm³/mol. The Morgan fingerprint density at radius 1 is 1.10 bits per heavy atom. The molecule has 0 saturated heterocycles. The summed E-state index contributed by atoms with van der Waals surface area (Å²) in [4.78, 5) is 12.9. The number of carbonyl (C=O) groups excluding carboxylic acids is 1. The Hall–Kier alpha value is -1.88. The molecular formula is C24H26ClF3NO+. The molecule has 2 saturated carbocycles. The van der Waals surface area contributed by atoms with E-state index in [1.807, 2.05) is 30.3 Å². The average Bonchev–Trinajstić information content (AvgIpc) is 3.02. The molecule has 0 aromatic heterocycles. The number of alkyl halides is 3. The van der Waals surface area contributed by atoms with Crippen molar-refractivity contribution in [2.75, 3.05) is 6.54 Å². The van der Waals surface area contributed by atoms with Crippen LogP contribution in [0.2, 0.25) is 5.02 Å². The molecular weight excluding hydrogens is 411 g/mol. The van der Waals surface area contributed by atoms with Crippen molar-refractivity contribution in [2.45, 2.75) is 63.0 Å². The SMILES string of the molecule is O=C(NCC1CCC(F)(F)CC1)c1c2ccc(C3CC[C@H](F)C3)ccc-2cc[c+]1Cl. The lowest BCUT2D eigenvalue weighted by Gasteiger charge is -2.27. The maximum Gasteiger partial charge on any atom is 0.336 e. The van der Waals surface area contributed by atoms with Crippen LogP contribution in [0.1, 0.15) is 66.8 Å². The highest BCUT2D eigenvalue weighted by Gasteiger charge is 2.35. The molecule has 0 heterocycles. The van der Waals surface area contributed by atoms with Gasteiger partial charge in [-0.15, -0.1) is 0 Å². The summed E-state index contributed by atoms with van der Waals surface area (Å²) in [6.07, 6.45) is 1.78. The first-order chi connectivity index (χ1) is 14.3. The van der Waals surface area contributed by atoms with Crippen LogP contribution in [0.3, 0.4) is 0 Å². The molecule has 0 bridgehead atoms. The molecule has 4 aliphatic carbocycles. The van der Waals surface area contributed by atoms with Crippen molar-refractivity contribution in [3.8, 4) is 11.1 Å². The second kappa shape index (κ2) is 8.70. The van der Waals surface area contributed by atoms with Crippen LogP contribution in [0.25, 0.3) is 11.1 Å². The van der Waals surface area contributed by atoms with Gasteiger partial charge in [-0.25, -0.2) is 18.0 Å². The van der Waals surface area contributed by atoms with E-state index in [2.05, 4.69) is 5.32 Å². The molecule has 4 rings (SSSR count). The Labute approximate surface area is 180 Å². The molecule has 1 N–H and O–H groups in total. The van der Waals surface area contributed by atoms with E-state index in [-0.39, 0.29) is 30.6 Å². The Kier molecular flexibility index (Phi) is 6.19. The first-order valence-electron chi connectivity index (χ1n) is 10.7. The van der Waals surface area contributed by atoms with Gasteiger partial charge >= 0.3 is 5.91 Å². The standard InChI is InChI=1S/C24H25ClF3NO/c25-21-8-5-17-2-1-16(18-3-6-19(26)13-18)4-7-20(17)22(21)23(30)29-14-15-9-11-24(27,28)12-10-15/h1-2,4-5,7-8,15,18-19H,3,6,9-14H2/p+1/t18?,19-/m0/s1.